The summed E-state index contributed by atoms with van der Waals surface area (Å²) in [5.74, 6) is -21.9. The molecule has 0 saturated carbocycles. The van der Waals surface area contributed by atoms with Crippen LogP contribution in [0.15, 0.2) is 0 Å². The zero-order chi connectivity index (χ0) is 25.8. The first-order valence-electron chi connectivity index (χ1n) is 5.33. The normalized spacial score (nSPS) is 4.89. The fourth-order valence-electron chi connectivity index (χ4n) is 0. The van der Waals surface area contributed by atoms with E-state index in [2.05, 4.69) is 0 Å². The Morgan fingerprint density at radius 1 is 0.222 bits per heavy atom. The average molecular weight is 904 g/mol. The summed E-state index contributed by atoms with van der Waals surface area (Å²) in [6.07, 6.45) is 0. The summed E-state index contributed by atoms with van der Waals surface area (Å²) < 4.78 is 0. The van der Waals surface area contributed by atoms with Crippen LogP contribution in [0.5, 0.6) is 0 Å². The van der Waals surface area contributed by atoms with E-state index >= 15 is 0 Å². The molecule has 0 amide bonds. The summed E-state index contributed by atoms with van der Waals surface area (Å²) in [5.41, 5.74) is 0. The second kappa shape index (κ2) is 91.6. The van der Waals surface area contributed by atoms with Gasteiger partial charge in [-0.3, -0.25) is 0 Å². The van der Waals surface area contributed by atoms with E-state index in [1.807, 2.05) is 0 Å². The minimum absolute atomic E-state index is 0. The van der Waals surface area contributed by atoms with E-state index in [0.29, 0.717) is 0 Å². The SMILES string of the molecule is O.O.O=C([O-])C(=O)[O-].O=C([O-])C(=O)[O-].O=C([O-])C(=O)[O-].O=C([O-])C(=O)[O-].O=C([O-])C(=O)[O-].[K+].[K+].[K+].[K+].[O-2].[O-2].[O-2].[O-2].[O-2].[Ti+4].[Ti+4].[Ti+4].[Ti+4]. The van der Waals surface area contributed by atoms with Crippen LogP contribution in [-0.2, 0) is 162 Å². The Hall–Kier alpha value is 3.82. The third-order valence-electron chi connectivity index (χ3n) is 0.833. The second-order valence-electron chi connectivity index (χ2n) is 2.87. The van der Waals surface area contributed by atoms with E-state index < -0.39 is 59.7 Å². The number of carbonyl (C=O) groups excluding carboxylic acids is 10. The van der Waals surface area contributed by atoms with Crippen molar-refractivity contribution in [3.8, 4) is 0 Å². The standard InChI is InChI=1S/5C2H2O4.4K.2H2O.5O.4Ti/c5*3-1(4)2(5)6;;;;;;;;;;;;;;;/h5*(H,3,4)(H,5,6);;;;;2*1H2;;;;;;;;;/q;;;;;4*+1;;;5*-2;4*+4/p-10. The van der Waals surface area contributed by atoms with Gasteiger partial charge in [0.15, 0.2) is 0 Å². The van der Waals surface area contributed by atoms with Gasteiger partial charge in [-0.2, -0.15) is 0 Å². The van der Waals surface area contributed by atoms with Crippen LogP contribution in [0, 0.1) is 0 Å². The van der Waals surface area contributed by atoms with Crippen LogP contribution in [0.4, 0.5) is 0 Å². The van der Waals surface area contributed by atoms with Crippen LogP contribution in [0.2, 0.25) is 0 Å². The molecule has 0 atom stereocenters. The van der Waals surface area contributed by atoms with Crippen molar-refractivity contribution in [1.29, 1.82) is 0 Å². The van der Waals surface area contributed by atoms with Crippen molar-refractivity contribution in [3.05, 3.63) is 0 Å². The van der Waals surface area contributed by atoms with Gasteiger partial charge in [-0.1, -0.05) is 0 Å². The maximum atomic E-state index is 8.93. The Bertz CT molecular complexity index is 539. The molecule has 0 unspecified atom stereocenters. The van der Waals surface area contributed by atoms with E-state index in [0.717, 1.165) is 0 Å². The average Bonchev–Trinajstić information content (AvgIpc) is 2.56. The molecule has 0 aliphatic heterocycles. The molecule has 0 spiro atoms. The quantitative estimate of drug-likeness (QED) is 0.161. The molecule has 226 valence electrons. The molecule has 0 aromatic rings. The van der Waals surface area contributed by atoms with Gasteiger partial charge in [-0.05, 0) is 0 Å². The number of rotatable bonds is 0. The smallest absolute Gasteiger partial charge is 2.00 e. The van der Waals surface area contributed by atoms with E-state index in [1.165, 1.54) is 0 Å². The molecule has 45 heavy (non-hydrogen) atoms. The summed E-state index contributed by atoms with van der Waals surface area (Å²) in [6, 6.07) is 0. The monoisotopic (exact) mass is 904 g/mol. The van der Waals surface area contributed by atoms with E-state index in [-0.39, 0.29) is 331 Å². The van der Waals surface area contributed by atoms with Gasteiger partial charge in [0.1, 0.15) is 0 Å². The Labute approximate surface area is 478 Å². The molecule has 0 saturated heterocycles. The van der Waals surface area contributed by atoms with Crippen LogP contribution < -0.4 is 257 Å². The summed E-state index contributed by atoms with van der Waals surface area (Å²) in [7, 11) is 0. The summed E-state index contributed by atoms with van der Waals surface area (Å²) >= 11 is 0. The molecule has 0 aromatic carbocycles. The Morgan fingerprint density at radius 2 is 0.244 bits per heavy atom. The zero-order valence-electron chi connectivity index (χ0n) is 22.2. The predicted octanol–water partition coefficient (Wildman–Crippen LogP) is -31.8. The van der Waals surface area contributed by atoms with Gasteiger partial charge in [-0.15, -0.1) is 0 Å². The van der Waals surface area contributed by atoms with Crippen molar-refractivity contribution in [1.82, 2.24) is 0 Å². The second-order valence-corrected chi connectivity index (χ2v) is 2.87. The molecule has 0 aromatic heterocycles. The Morgan fingerprint density at radius 3 is 0.244 bits per heavy atom. The van der Waals surface area contributed by atoms with E-state index in [1.54, 1.807) is 0 Å². The first kappa shape index (κ1) is 134. The molecule has 0 heterocycles. The van der Waals surface area contributed by atoms with Crippen LogP contribution in [-0.4, -0.2) is 70.6 Å². The fourth-order valence-corrected chi connectivity index (χ4v) is 0. The van der Waals surface area contributed by atoms with Gasteiger partial charge in [-0.25, -0.2) is 0 Å². The Balaban J connectivity index is -0.00000000890. The minimum atomic E-state index is -2.19. The summed E-state index contributed by atoms with van der Waals surface area (Å²) in [5, 5.41) is 89.3. The number of aliphatic carboxylic acids is 10. The number of carboxylic acids is 10. The molecule has 35 heteroatoms. The third-order valence-corrected chi connectivity index (χ3v) is 0.833. The van der Waals surface area contributed by atoms with Crippen molar-refractivity contribution in [3.63, 3.8) is 0 Å². The van der Waals surface area contributed by atoms with Crippen molar-refractivity contribution >= 4 is 59.7 Å². The van der Waals surface area contributed by atoms with Gasteiger partial charge in [0.05, 0.1) is 59.7 Å². The molecule has 27 nitrogen and oxygen atoms in total. The van der Waals surface area contributed by atoms with Gasteiger partial charge in [0.2, 0.25) is 0 Å². The molecule has 0 rings (SSSR count). The summed E-state index contributed by atoms with van der Waals surface area (Å²) in [6.45, 7) is 0. The fraction of sp³-hybridized carbons (Fsp3) is 0. The van der Waals surface area contributed by atoms with Crippen molar-refractivity contribution < 1.29 is 430 Å². The van der Waals surface area contributed by atoms with Gasteiger partial charge in [0, 0.05) is 0 Å². The molecule has 0 aliphatic rings. The number of carbonyl (C=O) groups is 10. The van der Waals surface area contributed by atoms with E-state index in [9.17, 15) is 0 Å². The molecule has 0 bridgehead atoms. The van der Waals surface area contributed by atoms with Crippen molar-refractivity contribution in [2.24, 2.45) is 0 Å². The van der Waals surface area contributed by atoms with Crippen LogP contribution in [0.3, 0.4) is 0 Å². The number of carboxylic acid groups (broad SMARTS) is 10. The van der Waals surface area contributed by atoms with Crippen LogP contribution in [0.1, 0.15) is 0 Å². The zero-order valence-corrected chi connectivity index (χ0v) is 40.9. The summed E-state index contributed by atoms with van der Waals surface area (Å²) in [4.78, 5) is 89.3. The van der Waals surface area contributed by atoms with Crippen LogP contribution in [0.25, 0.3) is 0 Å². The maximum Gasteiger partial charge on any atom is 4.00 e. The van der Waals surface area contributed by atoms with Gasteiger partial charge in [0.25, 0.3) is 0 Å². The molecular formula is C10H4K4O27Ti4. The van der Waals surface area contributed by atoms with Gasteiger partial charge >= 0.3 is 292 Å². The molecule has 0 aliphatic carbocycles. The van der Waals surface area contributed by atoms with Gasteiger partial charge < -0.3 is 137 Å². The van der Waals surface area contributed by atoms with Crippen molar-refractivity contribution in [2.75, 3.05) is 0 Å². The first-order valence-corrected chi connectivity index (χ1v) is 5.33. The number of hydrogen-bond acceptors (Lipinski definition) is 20. The van der Waals surface area contributed by atoms with Crippen LogP contribution >= 0.6 is 0 Å². The largest absolute Gasteiger partial charge is 4.00 e. The Kier molecular flexibility index (Phi) is 274. The third kappa shape index (κ3) is 177. The first-order chi connectivity index (χ1) is 13.2. The van der Waals surface area contributed by atoms with Crippen molar-refractivity contribution in [2.45, 2.75) is 0 Å². The molecular weight excluding hydrogens is 900 g/mol. The maximum absolute atomic E-state index is 8.93. The molecule has 0 radical (unpaired) electrons. The molecule has 4 N–H and O–H groups in total. The predicted molar refractivity (Wildman–Crippen MR) is 60.7 cm³/mol. The van der Waals surface area contributed by atoms with E-state index in [4.69, 9.17) is 99.0 Å². The minimum Gasteiger partial charge on any atom is -2.00 e. The number of hydrogen-bond donors (Lipinski definition) is 0. The molecule has 0 fully saturated rings. The topological polar surface area (TPSA) is 607 Å².